The smallest absolute Gasteiger partial charge is 0.338 e. The molecule has 0 spiro atoms. The number of aliphatic hydroxyl groups is 1. The summed E-state index contributed by atoms with van der Waals surface area (Å²) < 4.78 is 16.7. The van der Waals surface area contributed by atoms with Gasteiger partial charge in [-0.3, -0.25) is 0 Å². The molecule has 5 nitrogen and oxygen atoms in total. The van der Waals surface area contributed by atoms with Gasteiger partial charge in [0.05, 0.1) is 19.3 Å². The number of aliphatic hydroxyl groups excluding tert-OH is 1. The molecule has 0 aromatic heterocycles. The number of carbonyl (C=O) groups excluding carboxylic acids is 1. The molecule has 0 fully saturated rings. The quantitative estimate of drug-likeness (QED) is 0.855. The lowest BCUT2D eigenvalue weighted by atomic mass is 9.87. The van der Waals surface area contributed by atoms with Crippen LogP contribution in [-0.2, 0) is 11.3 Å². The van der Waals surface area contributed by atoms with Crippen molar-refractivity contribution in [3.63, 3.8) is 0 Å². The number of esters is 1. The van der Waals surface area contributed by atoms with E-state index in [2.05, 4.69) is 0 Å². The largest absolute Gasteiger partial charge is 0.493 e. The second kappa shape index (κ2) is 6.93. The van der Waals surface area contributed by atoms with Gasteiger partial charge in [0.25, 0.3) is 0 Å². The van der Waals surface area contributed by atoms with E-state index in [1.807, 2.05) is 37.3 Å². The summed E-state index contributed by atoms with van der Waals surface area (Å²) in [6, 6.07) is 13.1. The van der Waals surface area contributed by atoms with E-state index in [0.717, 1.165) is 11.1 Å². The van der Waals surface area contributed by atoms with E-state index < -0.39 is 12.1 Å². The third-order valence-electron chi connectivity index (χ3n) is 4.28. The number of hydrogen-bond acceptors (Lipinski definition) is 5. The summed E-state index contributed by atoms with van der Waals surface area (Å²) in [7, 11) is 1.56. The Morgan fingerprint density at radius 2 is 1.92 bits per heavy atom. The first-order valence-corrected chi connectivity index (χ1v) is 7.85. The minimum Gasteiger partial charge on any atom is -0.493 e. The molecule has 2 aromatic rings. The molecule has 1 N–H and O–H groups in total. The molecule has 2 atom stereocenters. The van der Waals surface area contributed by atoms with Gasteiger partial charge < -0.3 is 19.3 Å². The summed E-state index contributed by atoms with van der Waals surface area (Å²) >= 11 is 0. The number of cyclic esters (lactones) is 1. The van der Waals surface area contributed by atoms with Gasteiger partial charge in [0.15, 0.2) is 11.5 Å². The van der Waals surface area contributed by atoms with Gasteiger partial charge in [-0.1, -0.05) is 37.3 Å². The van der Waals surface area contributed by atoms with Gasteiger partial charge in [-0.15, -0.1) is 0 Å². The molecule has 0 radical (unpaired) electrons. The highest BCUT2D eigenvalue weighted by atomic mass is 16.6. The Morgan fingerprint density at radius 3 is 2.58 bits per heavy atom. The predicted molar refractivity (Wildman–Crippen MR) is 88.5 cm³/mol. The van der Waals surface area contributed by atoms with Crippen LogP contribution in [0.3, 0.4) is 0 Å². The highest BCUT2D eigenvalue weighted by Gasteiger charge is 2.36. The number of rotatable bonds is 5. The predicted octanol–water partition coefficient (Wildman–Crippen LogP) is 2.91. The van der Waals surface area contributed by atoms with Crippen molar-refractivity contribution >= 4 is 5.97 Å². The summed E-state index contributed by atoms with van der Waals surface area (Å²) in [6.07, 6.45) is -0.587. The fourth-order valence-corrected chi connectivity index (χ4v) is 2.93. The summed E-state index contributed by atoms with van der Waals surface area (Å²) in [5.74, 6) is 0.447. The molecule has 0 aliphatic carbocycles. The number of benzene rings is 2. The molecular formula is C19H20O5. The van der Waals surface area contributed by atoms with Gasteiger partial charge in [0.2, 0.25) is 0 Å². The number of carbonyl (C=O) groups is 1. The van der Waals surface area contributed by atoms with Gasteiger partial charge in [0.1, 0.15) is 12.7 Å². The van der Waals surface area contributed by atoms with Crippen molar-refractivity contribution < 1.29 is 24.1 Å². The zero-order chi connectivity index (χ0) is 17.1. The molecule has 24 heavy (non-hydrogen) atoms. The normalized spacial score (nSPS) is 19.4. The van der Waals surface area contributed by atoms with Crippen molar-refractivity contribution in [3.8, 4) is 11.5 Å². The first kappa shape index (κ1) is 16.3. The van der Waals surface area contributed by atoms with Gasteiger partial charge >= 0.3 is 5.97 Å². The highest BCUT2D eigenvalue weighted by molar-refractivity contribution is 5.94. The molecule has 5 heteroatoms. The number of fused-ring (bicyclic) bond motifs is 1. The maximum absolute atomic E-state index is 12.2. The number of hydrogen-bond donors (Lipinski definition) is 1. The number of ether oxygens (including phenoxy) is 3. The van der Waals surface area contributed by atoms with Crippen LogP contribution in [0.15, 0.2) is 42.5 Å². The maximum Gasteiger partial charge on any atom is 0.338 e. The van der Waals surface area contributed by atoms with Crippen LogP contribution in [0.2, 0.25) is 0 Å². The lowest BCUT2D eigenvalue weighted by Crippen LogP contribution is -2.34. The second-order valence-corrected chi connectivity index (χ2v) is 5.75. The van der Waals surface area contributed by atoms with E-state index in [1.54, 1.807) is 19.2 Å². The molecule has 0 bridgehead atoms. The minimum atomic E-state index is -0.587. The Morgan fingerprint density at radius 1 is 1.17 bits per heavy atom. The maximum atomic E-state index is 12.2. The van der Waals surface area contributed by atoms with Crippen LogP contribution < -0.4 is 9.47 Å². The number of methoxy groups -OCH3 is 1. The van der Waals surface area contributed by atoms with E-state index in [9.17, 15) is 9.90 Å². The van der Waals surface area contributed by atoms with Crippen molar-refractivity contribution in [3.05, 3.63) is 59.2 Å². The lowest BCUT2D eigenvalue weighted by molar-refractivity contribution is 0.000308. The van der Waals surface area contributed by atoms with E-state index >= 15 is 0 Å². The van der Waals surface area contributed by atoms with Gasteiger partial charge in [-0.2, -0.15) is 0 Å². The first-order valence-electron chi connectivity index (χ1n) is 7.85. The van der Waals surface area contributed by atoms with Crippen LogP contribution in [-0.4, -0.2) is 30.9 Å². The van der Waals surface area contributed by atoms with E-state index in [-0.39, 0.29) is 12.5 Å². The Bertz CT molecular complexity index is 726. The minimum absolute atomic E-state index is 0.191. The van der Waals surface area contributed by atoms with Crippen molar-refractivity contribution in [1.29, 1.82) is 0 Å². The zero-order valence-electron chi connectivity index (χ0n) is 13.7. The molecule has 2 aromatic carbocycles. The fraction of sp³-hybridized carbons (Fsp3) is 0.316. The van der Waals surface area contributed by atoms with Gasteiger partial charge in [-0.05, 0) is 17.7 Å². The summed E-state index contributed by atoms with van der Waals surface area (Å²) in [5, 5.41) is 9.48. The van der Waals surface area contributed by atoms with E-state index in [0.29, 0.717) is 23.7 Å². The average molecular weight is 328 g/mol. The van der Waals surface area contributed by atoms with Crippen molar-refractivity contribution in [2.24, 2.45) is 0 Å². The monoisotopic (exact) mass is 328 g/mol. The molecular weight excluding hydrogens is 308 g/mol. The van der Waals surface area contributed by atoms with Crippen molar-refractivity contribution in [2.75, 3.05) is 13.7 Å². The molecule has 1 aliphatic heterocycles. The average Bonchev–Trinajstić information content (AvgIpc) is 2.63. The summed E-state index contributed by atoms with van der Waals surface area (Å²) in [6.45, 7) is 2.03. The zero-order valence-corrected chi connectivity index (χ0v) is 13.7. The van der Waals surface area contributed by atoms with Crippen molar-refractivity contribution in [2.45, 2.75) is 25.6 Å². The third kappa shape index (κ3) is 2.95. The van der Waals surface area contributed by atoms with Gasteiger partial charge in [-0.25, -0.2) is 4.79 Å². The lowest BCUT2D eigenvalue weighted by Gasteiger charge is -2.31. The van der Waals surface area contributed by atoms with Crippen molar-refractivity contribution in [1.82, 2.24) is 0 Å². The molecule has 0 saturated heterocycles. The van der Waals surface area contributed by atoms with E-state index in [4.69, 9.17) is 14.2 Å². The topological polar surface area (TPSA) is 65.0 Å². The highest BCUT2D eigenvalue weighted by Crippen LogP contribution is 2.43. The SMILES string of the molecule is COc1ccc2c(c1OCc1ccccc1)C(C)[C@@H](CO)OC2=O. The van der Waals surface area contributed by atoms with Gasteiger partial charge in [0, 0.05) is 11.5 Å². The molecule has 1 aliphatic rings. The van der Waals surface area contributed by atoms with Crippen LogP contribution in [0.4, 0.5) is 0 Å². The Labute approximate surface area is 140 Å². The van der Waals surface area contributed by atoms with Crippen LogP contribution in [0.5, 0.6) is 11.5 Å². The third-order valence-corrected chi connectivity index (χ3v) is 4.28. The first-order chi connectivity index (χ1) is 11.7. The Hall–Kier alpha value is -2.53. The molecule has 1 unspecified atom stereocenters. The summed E-state index contributed by atoms with van der Waals surface area (Å²) in [4.78, 5) is 12.2. The Kier molecular flexibility index (Phi) is 4.71. The molecule has 126 valence electrons. The Balaban J connectivity index is 2.00. The molecule has 3 rings (SSSR count). The van der Waals surface area contributed by atoms with Crippen LogP contribution in [0, 0.1) is 0 Å². The summed E-state index contributed by atoms with van der Waals surface area (Å²) in [5.41, 5.74) is 2.19. The van der Waals surface area contributed by atoms with Crippen LogP contribution >= 0.6 is 0 Å². The molecule has 0 amide bonds. The standard InChI is InChI=1S/C19H20O5/c1-12-16(10-20)24-19(21)14-8-9-15(22-2)18(17(12)14)23-11-13-6-4-3-5-7-13/h3-9,12,16,20H,10-11H2,1-2H3/t12?,16-/m1/s1. The fourth-order valence-electron chi connectivity index (χ4n) is 2.93. The van der Waals surface area contributed by atoms with Crippen LogP contribution in [0.1, 0.15) is 34.3 Å². The molecule has 1 heterocycles. The van der Waals surface area contributed by atoms with E-state index in [1.165, 1.54) is 0 Å². The van der Waals surface area contributed by atoms with Crippen LogP contribution in [0.25, 0.3) is 0 Å². The second-order valence-electron chi connectivity index (χ2n) is 5.75. The molecule has 0 saturated carbocycles.